The molecule has 0 saturated heterocycles. The number of allylic oxidation sites excluding steroid dienone is 1. The van der Waals surface area contributed by atoms with Crippen LogP contribution in [-0.4, -0.2) is 43.3 Å². The molecule has 6 heteroatoms. The average Bonchev–Trinajstić information content (AvgIpc) is 2.57. The SMILES string of the molecule is COc1ccc(C(=O)C(=C(SC)SC)N(C)C(=O)C(C)(C)C)cc1. The quantitative estimate of drug-likeness (QED) is 0.555. The summed E-state index contributed by atoms with van der Waals surface area (Å²) in [6, 6.07) is 6.92. The summed E-state index contributed by atoms with van der Waals surface area (Å²) >= 11 is 2.94. The van der Waals surface area contributed by atoms with Crippen LogP contribution in [0.1, 0.15) is 31.1 Å². The molecule has 24 heavy (non-hydrogen) atoms. The average molecular weight is 368 g/mol. The van der Waals surface area contributed by atoms with E-state index in [2.05, 4.69) is 0 Å². The molecule has 132 valence electrons. The number of ether oxygens (including phenoxy) is 1. The highest BCUT2D eigenvalue weighted by molar-refractivity contribution is 8.21. The lowest BCUT2D eigenvalue weighted by molar-refractivity contribution is -0.136. The highest BCUT2D eigenvalue weighted by Gasteiger charge is 2.31. The standard InChI is InChI=1S/C18H25NO3S2/c1-18(2,3)17(21)19(4)14(16(23-6)24-7)15(20)12-8-10-13(22-5)11-9-12/h8-11H,1-7H3. The molecule has 0 atom stereocenters. The van der Waals surface area contributed by atoms with Gasteiger partial charge in [0.05, 0.1) is 11.3 Å². The number of amides is 1. The smallest absolute Gasteiger partial charge is 0.232 e. The predicted octanol–water partition coefficient (Wildman–Crippen LogP) is 4.28. The third kappa shape index (κ3) is 4.80. The number of thioether (sulfide) groups is 2. The lowest BCUT2D eigenvalue weighted by atomic mass is 9.94. The van der Waals surface area contributed by atoms with Crippen molar-refractivity contribution in [3.8, 4) is 5.75 Å². The molecule has 0 aliphatic carbocycles. The lowest BCUT2D eigenvalue weighted by Gasteiger charge is -2.28. The van der Waals surface area contributed by atoms with Crippen molar-refractivity contribution in [2.75, 3.05) is 26.7 Å². The van der Waals surface area contributed by atoms with Crippen molar-refractivity contribution in [2.45, 2.75) is 20.8 Å². The van der Waals surface area contributed by atoms with Crippen LogP contribution in [0.15, 0.2) is 34.2 Å². The zero-order valence-corrected chi connectivity index (χ0v) is 16.9. The van der Waals surface area contributed by atoms with E-state index in [1.807, 2.05) is 33.3 Å². The highest BCUT2D eigenvalue weighted by atomic mass is 32.2. The van der Waals surface area contributed by atoms with Crippen molar-refractivity contribution in [3.05, 3.63) is 39.8 Å². The Kier molecular flexibility index (Phi) is 7.42. The summed E-state index contributed by atoms with van der Waals surface area (Å²) in [5.41, 5.74) is 0.377. The number of carbonyl (C=O) groups is 2. The van der Waals surface area contributed by atoms with E-state index < -0.39 is 5.41 Å². The van der Waals surface area contributed by atoms with Crippen LogP contribution in [0.25, 0.3) is 0 Å². The molecule has 0 N–H and O–H groups in total. The highest BCUT2D eigenvalue weighted by Crippen LogP contribution is 2.33. The predicted molar refractivity (Wildman–Crippen MR) is 104 cm³/mol. The molecule has 0 spiro atoms. The van der Waals surface area contributed by atoms with Crippen molar-refractivity contribution < 1.29 is 14.3 Å². The van der Waals surface area contributed by atoms with Crippen molar-refractivity contribution >= 4 is 35.2 Å². The minimum Gasteiger partial charge on any atom is -0.497 e. The molecule has 1 amide bonds. The monoisotopic (exact) mass is 367 g/mol. The Morgan fingerprint density at radius 2 is 1.54 bits per heavy atom. The summed E-state index contributed by atoms with van der Waals surface area (Å²) in [7, 11) is 3.24. The van der Waals surface area contributed by atoms with E-state index in [-0.39, 0.29) is 11.7 Å². The largest absolute Gasteiger partial charge is 0.497 e. The number of benzene rings is 1. The number of hydrogen-bond donors (Lipinski definition) is 0. The third-order valence-corrected chi connectivity index (χ3v) is 5.54. The molecule has 0 bridgehead atoms. The van der Waals surface area contributed by atoms with Crippen LogP contribution in [0.3, 0.4) is 0 Å². The van der Waals surface area contributed by atoms with Gasteiger partial charge in [0, 0.05) is 18.0 Å². The first-order valence-corrected chi connectivity index (χ1v) is 9.91. The van der Waals surface area contributed by atoms with Gasteiger partial charge < -0.3 is 9.64 Å². The minimum absolute atomic E-state index is 0.0973. The molecule has 0 fully saturated rings. The number of likely N-dealkylation sites (N-methyl/N-ethyl adjacent to an activating group) is 1. The van der Waals surface area contributed by atoms with Gasteiger partial charge in [0.15, 0.2) is 0 Å². The molecule has 1 aromatic carbocycles. The maximum Gasteiger partial charge on any atom is 0.232 e. The molecule has 0 aliphatic heterocycles. The molecular formula is C18H25NO3S2. The summed E-state index contributed by atoms with van der Waals surface area (Å²) in [6.45, 7) is 5.54. The van der Waals surface area contributed by atoms with Crippen LogP contribution >= 0.6 is 23.5 Å². The molecule has 4 nitrogen and oxygen atoms in total. The van der Waals surface area contributed by atoms with Crippen LogP contribution in [-0.2, 0) is 4.79 Å². The Hall–Kier alpha value is -1.40. The molecule has 1 aromatic rings. The minimum atomic E-state index is -0.567. The molecule has 0 radical (unpaired) electrons. The first-order valence-electron chi connectivity index (χ1n) is 7.46. The fourth-order valence-corrected chi connectivity index (χ4v) is 3.66. The van der Waals surface area contributed by atoms with E-state index >= 15 is 0 Å². The Labute approximate surface area is 153 Å². The van der Waals surface area contributed by atoms with Gasteiger partial charge in [0.25, 0.3) is 0 Å². The molecule has 0 heterocycles. The van der Waals surface area contributed by atoms with Gasteiger partial charge in [-0.25, -0.2) is 0 Å². The van der Waals surface area contributed by atoms with E-state index in [0.717, 1.165) is 4.24 Å². The fourth-order valence-electron chi connectivity index (χ4n) is 2.14. The van der Waals surface area contributed by atoms with Crippen LogP contribution in [0.2, 0.25) is 0 Å². The van der Waals surface area contributed by atoms with Gasteiger partial charge in [-0.05, 0) is 36.8 Å². The molecular weight excluding hydrogens is 342 g/mol. The zero-order valence-electron chi connectivity index (χ0n) is 15.3. The first kappa shape index (κ1) is 20.6. The van der Waals surface area contributed by atoms with Crippen LogP contribution in [0.5, 0.6) is 5.75 Å². The van der Waals surface area contributed by atoms with E-state index in [1.165, 1.54) is 28.4 Å². The summed E-state index contributed by atoms with van der Waals surface area (Å²) in [6.07, 6.45) is 3.81. The number of Topliss-reactive ketones (excluding diaryl/α,β-unsaturated/α-hetero) is 1. The van der Waals surface area contributed by atoms with Gasteiger partial charge in [0.2, 0.25) is 11.7 Å². The normalized spacial score (nSPS) is 11.0. The maximum atomic E-state index is 13.1. The van der Waals surface area contributed by atoms with Crippen LogP contribution < -0.4 is 4.74 Å². The van der Waals surface area contributed by atoms with Gasteiger partial charge in [-0.3, -0.25) is 9.59 Å². The van der Waals surface area contributed by atoms with E-state index in [1.54, 1.807) is 38.4 Å². The Balaban J connectivity index is 3.36. The van der Waals surface area contributed by atoms with Crippen LogP contribution in [0.4, 0.5) is 0 Å². The Morgan fingerprint density at radius 1 is 1.04 bits per heavy atom. The Morgan fingerprint density at radius 3 is 1.92 bits per heavy atom. The number of hydrogen-bond acceptors (Lipinski definition) is 5. The van der Waals surface area contributed by atoms with Crippen molar-refractivity contribution in [3.63, 3.8) is 0 Å². The fraction of sp³-hybridized carbons (Fsp3) is 0.444. The number of rotatable bonds is 6. The zero-order chi connectivity index (χ0) is 18.5. The van der Waals surface area contributed by atoms with E-state index in [4.69, 9.17) is 4.74 Å². The summed E-state index contributed by atoms with van der Waals surface area (Å²) in [5.74, 6) is 0.419. The second kappa shape index (κ2) is 8.62. The van der Waals surface area contributed by atoms with Gasteiger partial charge in [-0.1, -0.05) is 20.8 Å². The van der Waals surface area contributed by atoms with Gasteiger partial charge in [-0.2, -0.15) is 0 Å². The summed E-state index contributed by atoms with van der Waals surface area (Å²) < 4.78 is 5.95. The number of ketones is 1. The van der Waals surface area contributed by atoms with Crippen molar-refractivity contribution in [2.24, 2.45) is 5.41 Å². The summed E-state index contributed by atoms with van der Waals surface area (Å²) in [5, 5.41) is 0. The molecule has 0 unspecified atom stereocenters. The molecule has 1 rings (SSSR count). The maximum absolute atomic E-state index is 13.1. The second-order valence-electron chi connectivity index (χ2n) is 6.22. The lowest BCUT2D eigenvalue weighted by Crippen LogP contribution is -2.38. The van der Waals surface area contributed by atoms with Gasteiger partial charge >= 0.3 is 0 Å². The van der Waals surface area contributed by atoms with Crippen molar-refractivity contribution in [1.29, 1.82) is 0 Å². The van der Waals surface area contributed by atoms with E-state index in [9.17, 15) is 9.59 Å². The first-order chi connectivity index (χ1) is 11.2. The number of methoxy groups -OCH3 is 1. The topological polar surface area (TPSA) is 46.6 Å². The van der Waals surface area contributed by atoms with E-state index in [0.29, 0.717) is 17.0 Å². The summed E-state index contributed by atoms with van der Waals surface area (Å²) in [4.78, 5) is 27.2. The molecule has 0 saturated carbocycles. The number of nitrogens with zero attached hydrogens (tertiary/aromatic N) is 1. The Bertz CT molecular complexity index is 625. The number of carbonyl (C=O) groups excluding carboxylic acids is 2. The van der Waals surface area contributed by atoms with Crippen molar-refractivity contribution in [1.82, 2.24) is 4.90 Å². The van der Waals surface area contributed by atoms with Crippen LogP contribution in [0, 0.1) is 5.41 Å². The molecule has 0 aliphatic rings. The second-order valence-corrected chi connectivity index (χ2v) is 8.11. The molecule has 0 aromatic heterocycles. The van der Waals surface area contributed by atoms with Gasteiger partial charge in [-0.15, -0.1) is 23.5 Å². The van der Waals surface area contributed by atoms with Gasteiger partial charge in [0.1, 0.15) is 11.4 Å². The third-order valence-electron chi connectivity index (χ3n) is 3.41.